The van der Waals surface area contributed by atoms with Crippen LogP contribution in [0.15, 0.2) is 36.5 Å². The highest BCUT2D eigenvalue weighted by molar-refractivity contribution is 7.98. The first-order valence-corrected chi connectivity index (χ1v) is 8.80. The second kappa shape index (κ2) is 9.81. The van der Waals surface area contributed by atoms with Gasteiger partial charge in [-0.25, -0.2) is 13.2 Å². The number of benzene rings is 1. The van der Waals surface area contributed by atoms with E-state index in [4.69, 9.17) is 0 Å². The molecule has 2 amide bonds. The van der Waals surface area contributed by atoms with Crippen LogP contribution in [-0.4, -0.2) is 29.1 Å². The number of aromatic nitrogens is 1. The first-order chi connectivity index (χ1) is 12.5. The Morgan fingerprint density at radius 2 is 1.85 bits per heavy atom. The van der Waals surface area contributed by atoms with Gasteiger partial charge in [-0.05, 0) is 24.3 Å². The van der Waals surface area contributed by atoms with Gasteiger partial charge in [-0.15, -0.1) is 0 Å². The second-order valence-electron chi connectivity index (χ2n) is 5.17. The molecule has 0 aliphatic heterocycles. The van der Waals surface area contributed by atoms with E-state index in [0.717, 1.165) is 11.8 Å². The molecule has 0 aliphatic rings. The zero-order valence-electron chi connectivity index (χ0n) is 13.6. The van der Waals surface area contributed by atoms with Crippen molar-refractivity contribution in [1.82, 2.24) is 10.3 Å². The van der Waals surface area contributed by atoms with Crippen LogP contribution in [0.1, 0.15) is 12.1 Å². The summed E-state index contributed by atoms with van der Waals surface area (Å²) >= 11 is 1.53. The number of thioether (sulfide) groups is 1. The Balaban J connectivity index is 1.67. The van der Waals surface area contributed by atoms with Crippen LogP contribution in [0.2, 0.25) is 0 Å². The zero-order chi connectivity index (χ0) is 18.9. The summed E-state index contributed by atoms with van der Waals surface area (Å²) in [4.78, 5) is 27.5. The molecule has 2 rings (SSSR count). The quantitative estimate of drug-likeness (QED) is 0.543. The van der Waals surface area contributed by atoms with E-state index in [-0.39, 0.29) is 12.3 Å². The summed E-state index contributed by atoms with van der Waals surface area (Å²) in [6, 6.07) is 7.19. The first kappa shape index (κ1) is 19.8. The number of amides is 2. The van der Waals surface area contributed by atoms with Gasteiger partial charge in [0.2, 0.25) is 11.8 Å². The Hall–Kier alpha value is -2.55. The second-order valence-corrected chi connectivity index (χ2v) is 6.28. The van der Waals surface area contributed by atoms with E-state index in [1.165, 1.54) is 11.8 Å². The van der Waals surface area contributed by atoms with E-state index in [1.807, 2.05) is 18.2 Å². The van der Waals surface area contributed by atoms with E-state index in [0.29, 0.717) is 17.6 Å². The number of anilines is 1. The van der Waals surface area contributed by atoms with Crippen molar-refractivity contribution in [2.45, 2.75) is 12.2 Å². The van der Waals surface area contributed by atoms with Gasteiger partial charge in [0.1, 0.15) is 0 Å². The molecule has 1 aromatic carbocycles. The highest BCUT2D eigenvalue weighted by atomic mass is 32.2. The minimum absolute atomic E-state index is 0.199. The van der Waals surface area contributed by atoms with Gasteiger partial charge < -0.3 is 10.6 Å². The molecule has 1 aromatic heterocycles. The molecule has 0 fully saturated rings. The molecule has 1 heterocycles. The SMILES string of the molecule is O=C(CCSCc1ccccn1)NCC(=O)Nc1ccc(F)c(F)c1F. The van der Waals surface area contributed by atoms with Gasteiger partial charge in [-0.1, -0.05) is 6.07 Å². The summed E-state index contributed by atoms with van der Waals surface area (Å²) in [7, 11) is 0. The number of hydrogen-bond donors (Lipinski definition) is 2. The monoisotopic (exact) mass is 383 g/mol. The molecule has 9 heteroatoms. The van der Waals surface area contributed by atoms with Crippen molar-refractivity contribution in [3.8, 4) is 0 Å². The van der Waals surface area contributed by atoms with E-state index < -0.39 is 35.6 Å². The Labute approximate surface area is 152 Å². The number of carbonyl (C=O) groups is 2. The molecule has 0 saturated heterocycles. The highest BCUT2D eigenvalue weighted by Gasteiger charge is 2.15. The lowest BCUT2D eigenvalue weighted by molar-refractivity contribution is -0.123. The predicted molar refractivity (Wildman–Crippen MR) is 93.0 cm³/mol. The largest absolute Gasteiger partial charge is 0.347 e. The van der Waals surface area contributed by atoms with Crippen LogP contribution in [0.3, 0.4) is 0 Å². The van der Waals surface area contributed by atoms with Crippen molar-refractivity contribution in [3.05, 3.63) is 59.7 Å². The number of hydrogen-bond acceptors (Lipinski definition) is 4. The van der Waals surface area contributed by atoms with Crippen molar-refractivity contribution >= 4 is 29.3 Å². The fourth-order valence-electron chi connectivity index (χ4n) is 1.91. The first-order valence-electron chi connectivity index (χ1n) is 7.65. The number of nitrogens with zero attached hydrogens (tertiary/aromatic N) is 1. The van der Waals surface area contributed by atoms with E-state index in [2.05, 4.69) is 15.6 Å². The number of nitrogens with one attached hydrogen (secondary N) is 2. The van der Waals surface area contributed by atoms with Gasteiger partial charge in [-0.3, -0.25) is 14.6 Å². The summed E-state index contributed by atoms with van der Waals surface area (Å²) in [5, 5.41) is 4.45. The van der Waals surface area contributed by atoms with Crippen molar-refractivity contribution in [3.63, 3.8) is 0 Å². The third-order valence-electron chi connectivity index (χ3n) is 3.20. The van der Waals surface area contributed by atoms with Gasteiger partial charge in [0.15, 0.2) is 17.5 Å². The van der Waals surface area contributed by atoms with Crippen LogP contribution in [0.5, 0.6) is 0 Å². The Morgan fingerprint density at radius 1 is 1.04 bits per heavy atom. The maximum Gasteiger partial charge on any atom is 0.243 e. The van der Waals surface area contributed by atoms with Crippen LogP contribution in [-0.2, 0) is 15.3 Å². The number of rotatable bonds is 8. The predicted octanol–water partition coefficient (Wildman–Crippen LogP) is 2.88. The highest BCUT2D eigenvalue weighted by Crippen LogP contribution is 2.19. The average Bonchev–Trinajstić information content (AvgIpc) is 2.65. The molecule has 0 unspecified atom stereocenters. The van der Waals surface area contributed by atoms with Crippen LogP contribution >= 0.6 is 11.8 Å². The molecule has 138 valence electrons. The van der Waals surface area contributed by atoms with Gasteiger partial charge >= 0.3 is 0 Å². The average molecular weight is 383 g/mol. The van der Waals surface area contributed by atoms with E-state index in [9.17, 15) is 22.8 Å². The molecule has 2 aromatic rings. The van der Waals surface area contributed by atoms with Crippen LogP contribution in [0.25, 0.3) is 0 Å². The standard InChI is InChI=1S/C17H16F3N3O2S/c18-12-4-5-13(17(20)16(12)19)23-15(25)9-22-14(24)6-8-26-10-11-3-1-2-7-21-11/h1-5,7H,6,8-10H2,(H,22,24)(H,23,25). The Kier molecular flexibility index (Phi) is 7.46. The normalized spacial score (nSPS) is 10.4. The van der Waals surface area contributed by atoms with Gasteiger partial charge in [-0.2, -0.15) is 11.8 Å². The fraction of sp³-hybridized carbons (Fsp3) is 0.235. The van der Waals surface area contributed by atoms with Crippen LogP contribution in [0, 0.1) is 17.5 Å². The summed E-state index contributed by atoms with van der Waals surface area (Å²) in [5.41, 5.74) is 0.417. The molecule has 0 spiro atoms. The van der Waals surface area contributed by atoms with Crippen molar-refractivity contribution in [2.75, 3.05) is 17.6 Å². The van der Waals surface area contributed by atoms with E-state index >= 15 is 0 Å². The summed E-state index contributed by atoms with van der Waals surface area (Å²) < 4.78 is 39.3. The van der Waals surface area contributed by atoms with Crippen LogP contribution in [0.4, 0.5) is 18.9 Å². The Bertz CT molecular complexity index is 775. The lowest BCUT2D eigenvalue weighted by Gasteiger charge is -2.08. The summed E-state index contributed by atoms with van der Waals surface area (Å²) in [5.74, 6) is -4.39. The molecular weight excluding hydrogens is 367 g/mol. The minimum Gasteiger partial charge on any atom is -0.347 e. The zero-order valence-corrected chi connectivity index (χ0v) is 14.4. The number of carbonyl (C=O) groups excluding carboxylic acids is 2. The van der Waals surface area contributed by atoms with Crippen molar-refractivity contribution < 1.29 is 22.8 Å². The summed E-state index contributed by atoms with van der Waals surface area (Å²) in [6.07, 6.45) is 1.89. The summed E-state index contributed by atoms with van der Waals surface area (Å²) in [6.45, 7) is -0.401. The van der Waals surface area contributed by atoms with Gasteiger partial charge in [0, 0.05) is 24.1 Å². The van der Waals surface area contributed by atoms with Crippen molar-refractivity contribution in [2.24, 2.45) is 0 Å². The molecule has 0 bridgehead atoms. The molecular formula is C17H16F3N3O2S. The maximum atomic E-state index is 13.4. The lowest BCUT2D eigenvalue weighted by Crippen LogP contribution is -2.33. The number of pyridine rings is 1. The topological polar surface area (TPSA) is 71.1 Å². The maximum absolute atomic E-state index is 13.4. The molecule has 0 radical (unpaired) electrons. The Morgan fingerprint density at radius 3 is 2.58 bits per heavy atom. The molecule has 0 saturated carbocycles. The number of halogens is 3. The van der Waals surface area contributed by atoms with Crippen molar-refractivity contribution in [1.29, 1.82) is 0 Å². The molecule has 2 N–H and O–H groups in total. The van der Waals surface area contributed by atoms with E-state index in [1.54, 1.807) is 6.20 Å². The molecule has 0 atom stereocenters. The fourth-order valence-corrected chi connectivity index (χ4v) is 2.76. The molecule has 0 aliphatic carbocycles. The lowest BCUT2D eigenvalue weighted by atomic mass is 10.2. The molecule has 26 heavy (non-hydrogen) atoms. The molecule has 5 nitrogen and oxygen atoms in total. The van der Waals surface area contributed by atoms with Gasteiger partial charge in [0.05, 0.1) is 17.9 Å². The minimum atomic E-state index is -1.67. The third kappa shape index (κ3) is 6.07. The van der Waals surface area contributed by atoms with Crippen LogP contribution < -0.4 is 10.6 Å². The van der Waals surface area contributed by atoms with Gasteiger partial charge in [0.25, 0.3) is 0 Å². The third-order valence-corrected chi connectivity index (χ3v) is 4.20. The smallest absolute Gasteiger partial charge is 0.243 e.